The molecule has 2 aliphatic rings. The summed E-state index contributed by atoms with van der Waals surface area (Å²) in [5.41, 5.74) is 0.386. The number of anilines is 1. The lowest BCUT2D eigenvalue weighted by molar-refractivity contribution is -0.153. The van der Waals surface area contributed by atoms with Gasteiger partial charge in [-0.25, -0.2) is 15.0 Å². The molecule has 2 unspecified atom stereocenters. The van der Waals surface area contributed by atoms with Gasteiger partial charge in [0.25, 0.3) is 0 Å². The van der Waals surface area contributed by atoms with Gasteiger partial charge in [-0.15, -0.1) is 0 Å². The van der Waals surface area contributed by atoms with Crippen molar-refractivity contribution in [3.63, 3.8) is 0 Å². The highest BCUT2D eigenvalue weighted by Crippen LogP contribution is 2.62. The first kappa shape index (κ1) is 19.1. The molecule has 1 fully saturated rings. The predicted molar refractivity (Wildman–Crippen MR) is 107 cm³/mol. The van der Waals surface area contributed by atoms with Gasteiger partial charge in [0.1, 0.15) is 22.5 Å². The largest absolute Gasteiger partial charge is 0.493 e. The zero-order chi connectivity index (χ0) is 21.1. The van der Waals surface area contributed by atoms with Gasteiger partial charge < -0.3 is 10.1 Å². The van der Waals surface area contributed by atoms with Crippen molar-refractivity contribution < 1.29 is 17.9 Å². The Morgan fingerprint density at radius 1 is 1.23 bits per heavy atom. The first-order valence-corrected chi connectivity index (χ1v) is 9.74. The number of fused-ring (bicyclic) bond motifs is 6. The van der Waals surface area contributed by atoms with Gasteiger partial charge in [-0.1, -0.05) is 30.3 Å². The van der Waals surface area contributed by atoms with Gasteiger partial charge in [0, 0.05) is 22.1 Å². The van der Waals surface area contributed by atoms with E-state index < -0.39 is 17.5 Å². The van der Waals surface area contributed by atoms with Gasteiger partial charge in [-0.2, -0.15) is 13.2 Å². The number of para-hydroxylation sites is 1. The number of pyridine rings is 1. The fourth-order valence-corrected chi connectivity index (χ4v) is 4.25. The monoisotopic (exact) mass is 432 g/mol. The summed E-state index contributed by atoms with van der Waals surface area (Å²) >= 11 is 6.05. The second-order valence-corrected chi connectivity index (χ2v) is 7.96. The van der Waals surface area contributed by atoms with Gasteiger partial charge in [0.15, 0.2) is 0 Å². The molecule has 1 aliphatic heterocycles. The van der Waals surface area contributed by atoms with Crippen LogP contribution in [-0.4, -0.2) is 27.7 Å². The summed E-state index contributed by atoms with van der Waals surface area (Å²) < 4.78 is 46.8. The van der Waals surface area contributed by atoms with E-state index >= 15 is 0 Å². The van der Waals surface area contributed by atoms with Crippen LogP contribution < -0.4 is 10.1 Å². The van der Waals surface area contributed by atoms with Crippen LogP contribution in [0, 0.1) is 5.92 Å². The summed E-state index contributed by atoms with van der Waals surface area (Å²) in [6, 6.07) is 8.81. The van der Waals surface area contributed by atoms with Crippen LogP contribution in [0.25, 0.3) is 16.6 Å². The Bertz CT molecular complexity index is 1180. The highest BCUT2D eigenvalue weighted by Gasteiger charge is 2.68. The molecule has 1 saturated carbocycles. The molecule has 3 aromatic rings. The van der Waals surface area contributed by atoms with Crippen LogP contribution in [0.5, 0.6) is 5.75 Å². The van der Waals surface area contributed by atoms with Gasteiger partial charge >= 0.3 is 6.18 Å². The molecule has 9 heteroatoms. The highest BCUT2D eigenvalue weighted by molar-refractivity contribution is 6.30. The third-order valence-corrected chi connectivity index (χ3v) is 5.96. The van der Waals surface area contributed by atoms with Crippen LogP contribution in [-0.2, 0) is 5.41 Å². The van der Waals surface area contributed by atoms with Crippen molar-refractivity contribution in [3.05, 3.63) is 59.6 Å². The Kier molecular flexibility index (Phi) is 4.18. The van der Waals surface area contributed by atoms with E-state index in [1.54, 1.807) is 18.2 Å². The van der Waals surface area contributed by atoms with E-state index in [2.05, 4.69) is 26.8 Å². The van der Waals surface area contributed by atoms with Crippen molar-refractivity contribution >= 4 is 34.0 Å². The first-order chi connectivity index (χ1) is 14.3. The molecule has 5 rings (SSSR count). The lowest BCUT2D eigenvalue weighted by atomic mass is 9.97. The molecule has 2 bridgehead atoms. The minimum absolute atomic E-state index is 0.0750. The van der Waals surface area contributed by atoms with E-state index in [4.69, 9.17) is 16.3 Å². The van der Waals surface area contributed by atoms with E-state index in [1.807, 2.05) is 12.1 Å². The van der Waals surface area contributed by atoms with Crippen LogP contribution in [0.1, 0.15) is 24.2 Å². The molecular weight excluding hydrogens is 417 g/mol. The number of benzene rings is 1. The van der Waals surface area contributed by atoms with Gasteiger partial charge in [-0.05, 0) is 31.0 Å². The van der Waals surface area contributed by atoms with Crippen LogP contribution in [0.3, 0.4) is 0 Å². The maximum atomic E-state index is 13.6. The summed E-state index contributed by atoms with van der Waals surface area (Å²) in [5.74, 6) is -0.501. The standard InChI is InChI=1S/C21H16ClF3N4O/c1-11-12-4-2-3-5-15(12)30-7-6-20(9-16(20)21(23,24)25)19-28-14-10-26-17(22)8-13(14)18(27-11)29-19/h2-5,8,10,16H,1,6-7,9H2,(H,27,28,29). The second-order valence-electron chi connectivity index (χ2n) is 7.57. The fraction of sp³-hybridized carbons (Fsp3) is 0.286. The molecule has 1 N–H and O–H groups in total. The number of alkyl halides is 3. The molecule has 154 valence electrons. The van der Waals surface area contributed by atoms with Crippen LogP contribution in [0.2, 0.25) is 5.15 Å². The Labute approximate surface area is 175 Å². The summed E-state index contributed by atoms with van der Waals surface area (Å²) in [4.78, 5) is 13.0. The van der Waals surface area contributed by atoms with Crippen LogP contribution in [0.15, 0.2) is 43.1 Å². The number of halogens is 4. The fourth-order valence-electron chi connectivity index (χ4n) is 4.09. The van der Waals surface area contributed by atoms with E-state index in [1.165, 1.54) is 6.20 Å². The Balaban J connectivity index is 1.71. The maximum Gasteiger partial charge on any atom is 0.392 e. The minimum Gasteiger partial charge on any atom is -0.493 e. The van der Waals surface area contributed by atoms with Crippen LogP contribution >= 0.6 is 11.6 Å². The number of rotatable bonds is 0. The first-order valence-electron chi connectivity index (χ1n) is 9.36. The number of hydrogen-bond donors (Lipinski definition) is 1. The van der Waals surface area contributed by atoms with Crippen molar-refractivity contribution in [1.29, 1.82) is 0 Å². The molecule has 5 nitrogen and oxygen atoms in total. The SMILES string of the molecule is C=C1Nc2nc(nc3cnc(Cl)cc23)C2(CCOc3ccccc31)CC2C(F)(F)F. The molecule has 3 heterocycles. The molecule has 0 saturated heterocycles. The quantitative estimate of drug-likeness (QED) is 0.484. The molecule has 2 atom stereocenters. The minimum atomic E-state index is -4.34. The molecular formula is C21H16ClF3N4O. The molecule has 0 amide bonds. The zero-order valence-corrected chi connectivity index (χ0v) is 16.4. The van der Waals surface area contributed by atoms with Crippen molar-refractivity contribution in [2.24, 2.45) is 5.92 Å². The lowest BCUT2D eigenvalue weighted by Gasteiger charge is -2.19. The number of aromatic nitrogens is 3. The summed E-state index contributed by atoms with van der Waals surface area (Å²) in [6.45, 7) is 4.17. The molecule has 1 spiro atoms. The molecule has 0 radical (unpaired) electrons. The topological polar surface area (TPSA) is 59.9 Å². The van der Waals surface area contributed by atoms with Gasteiger partial charge in [0.2, 0.25) is 0 Å². The van der Waals surface area contributed by atoms with Crippen molar-refractivity contribution in [2.75, 3.05) is 11.9 Å². The average Bonchev–Trinajstić information content (AvgIpc) is 3.44. The summed E-state index contributed by atoms with van der Waals surface area (Å²) in [5, 5.41) is 3.92. The second kappa shape index (κ2) is 6.57. The molecule has 30 heavy (non-hydrogen) atoms. The Morgan fingerprint density at radius 3 is 2.80 bits per heavy atom. The van der Waals surface area contributed by atoms with Crippen LogP contribution in [0.4, 0.5) is 19.0 Å². The number of hydrogen-bond acceptors (Lipinski definition) is 5. The zero-order valence-electron chi connectivity index (χ0n) is 15.6. The predicted octanol–water partition coefficient (Wildman–Crippen LogP) is 5.36. The van der Waals surface area contributed by atoms with Gasteiger partial charge in [-0.3, -0.25) is 0 Å². The summed E-state index contributed by atoms with van der Waals surface area (Å²) in [7, 11) is 0. The molecule has 1 aromatic carbocycles. The normalized spacial score (nSPS) is 23.3. The molecule has 1 aliphatic carbocycles. The van der Waals surface area contributed by atoms with Crippen molar-refractivity contribution in [3.8, 4) is 5.75 Å². The van der Waals surface area contributed by atoms with E-state index in [-0.39, 0.29) is 30.4 Å². The number of ether oxygens (including phenoxy) is 1. The Morgan fingerprint density at radius 2 is 2.03 bits per heavy atom. The molecule has 2 aromatic heterocycles. The van der Waals surface area contributed by atoms with E-state index in [9.17, 15) is 13.2 Å². The smallest absolute Gasteiger partial charge is 0.392 e. The van der Waals surface area contributed by atoms with E-state index in [0.29, 0.717) is 33.7 Å². The van der Waals surface area contributed by atoms with E-state index in [0.717, 1.165) is 0 Å². The summed E-state index contributed by atoms with van der Waals surface area (Å²) in [6.07, 6.45) is -2.83. The number of nitrogens with one attached hydrogen (secondary N) is 1. The Hall–Kier alpha value is -2.87. The maximum absolute atomic E-state index is 13.6. The third-order valence-electron chi connectivity index (χ3n) is 5.75. The van der Waals surface area contributed by atoms with Crippen molar-refractivity contribution in [2.45, 2.75) is 24.4 Å². The number of nitrogens with zero attached hydrogens (tertiary/aromatic N) is 3. The average molecular weight is 433 g/mol. The van der Waals surface area contributed by atoms with Gasteiger partial charge in [0.05, 0.1) is 24.2 Å². The lowest BCUT2D eigenvalue weighted by Crippen LogP contribution is -2.25. The van der Waals surface area contributed by atoms with Crippen molar-refractivity contribution in [1.82, 2.24) is 15.0 Å². The third kappa shape index (κ3) is 3.06. The highest BCUT2D eigenvalue weighted by atomic mass is 35.5.